The van der Waals surface area contributed by atoms with Crippen LogP contribution >= 0.6 is 11.6 Å². The van der Waals surface area contributed by atoms with Crippen LogP contribution in [0.3, 0.4) is 0 Å². The summed E-state index contributed by atoms with van der Waals surface area (Å²) in [7, 11) is 0. The maximum atomic E-state index is 13.5. The summed E-state index contributed by atoms with van der Waals surface area (Å²) in [6.45, 7) is 5.13. The van der Waals surface area contributed by atoms with Crippen LogP contribution in [0.1, 0.15) is 47.8 Å². The molecule has 180 valence electrons. The molecule has 0 spiro atoms. The van der Waals surface area contributed by atoms with E-state index < -0.39 is 0 Å². The van der Waals surface area contributed by atoms with E-state index >= 15 is 0 Å². The molecule has 0 saturated heterocycles. The summed E-state index contributed by atoms with van der Waals surface area (Å²) in [5, 5.41) is 11.8. The molecular weight excluding hydrogens is 468 g/mol. The van der Waals surface area contributed by atoms with Crippen molar-refractivity contribution in [3.63, 3.8) is 0 Å². The molecule has 0 fully saturated rings. The molecule has 6 heteroatoms. The van der Waals surface area contributed by atoms with Crippen LogP contribution in [-0.4, -0.2) is 14.1 Å². The minimum absolute atomic E-state index is 0.00947. The third-order valence-corrected chi connectivity index (χ3v) is 7.04. The number of hydrogen-bond acceptors (Lipinski definition) is 3. The monoisotopic (exact) mass is 494 g/mol. The van der Waals surface area contributed by atoms with Crippen LogP contribution < -0.4 is 5.56 Å². The van der Waals surface area contributed by atoms with Gasteiger partial charge in [-0.15, -0.1) is 0 Å². The van der Waals surface area contributed by atoms with Crippen LogP contribution in [0.2, 0.25) is 5.02 Å². The zero-order valence-corrected chi connectivity index (χ0v) is 21.2. The van der Waals surface area contributed by atoms with Crippen molar-refractivity contribution in [2.24, 2.45) is 0 Å². The van der Waals surface area contributed by atoms with Crippen LogP contribution in [0.5, 0.6) is 0 Å². The van der Waals surface area contributed by atoms with Gasteiger partial charge in [0.25, 0.3) is 5.56 Å². The van der Waals surface area contributed by atoms with Crippen LogP contribution in [-0.2, 0) is 19.5 Å². The van der Waals surface area contributed by atoms with Gasteiger partial charge in [-0.25, -0.2) is 4.98 Å². The molecular formula is C30H27ClN4O. The van der Waals surface area contributed by atoms with Crippen molar-refractivity contribution in [2.45, 2.75) is 46.2 Å². The number of aryl methyl sites for hydroxylation is 2. The van der Waals surface area contributed by atoms with Gasteiger partial charge in [-0.2, -0.15) is 5.26 Å². The second kappa shape index (κ2) is 10.0. The lowest BCUT2D eigenvalue weighted by Crippen LogP contribution is -2.26. The molecule has 0 amide bonds. The highest BCUT2D eigenvalue weighted by molar-refractivity contribution is 6.31. The number of fused-ring (bicyclic) bond motifs is 2. The number of nitriles is 1. The minimum Gasteiger partial charge on any atom is -0.343 e. The zero-order chi connectivity index (χ0) is 25.2. The first kappa shape index (κ1) is 23.8. The lowest BCUT2D eigenvalue weighted by molar-refractivity contribution is 0.646. The Labute approximate surface area is 215 Å². The fourth-order valence-corrected chi connectivity index (χ4v) is 4.97. The zero-order valence-electron chi connectivity index (χ0n) is 20.5. The highest BCUT2D eigenvalue weighted by Gasteiger charge is 2.13. The quantitative estimate of drug-likeness (QED) is 0.255. The Bertz CT molecular complexity index is 1690. The summed E-state index contributed by atoms with van der Waals surface area (Å²) in [6, 6.07) is 21.8. The second-order valence-corrected chi connectivity index (χ2v) is 9.67. The van der Waals surface area contributed by atoms with Gasteiger partial charge in [0.15, 0.2) is 0 Å². The molecule has 0 saturated carbocycles. The molecule has 0 radical (unpaired) electrons. The van der Waals surface area contributed by atoms with Crippen LogP contribution in [0, 0.1) is 18.3 Å². The van der Waals surface area contributed by atoms with Crippen molar-refractivity contribution in [3.8, 4) is 6.07 Å². The van der Waals surface area contributed by atoms with Crippen molar-refractivity contribution in [1.29, 1.82) is 5.26 Å². The number of halogens is 1. The van der Waals surface area contributed by atoms with Gasteiger partial charge < -0.3 is 4.57 Å². The third-order valence-electron chi connectivity index (χ3n) is 6.69. The third kappa shape index (κ3) is 4.53. The van der Waals surface area contributed by atoms with Crippen LogP contribution in [0.25, 0.3) is 21.8 Å². The highest BCUT2D eigenvalue weighted by Crippen LogP contribution is 2.25. The standard InChI is InChI=1S/C30H27ClN4O/c1-3-4-8-29-33-27-11-9-20(2)15-24(27)30(36)35(29)18-21-10-12-28-22(16-21)13-14-34(28)19-25-23(17-32)6-5-7-26(25)31/h5-7,9-16H,3-4,8,18-19H2,1-2H3. The normalized spacial score (nSPS) is 11.3. The summed E-state index contributed by atoms with van der Waals surface area (Å²) in [5.74, 6) is 0.832. The maximum absolute atomic E-state index is 13.5. The van der Waals surface area contributed by atoms with E-state index in [0.29, 0.717) is 29.1 Å². The summed E-state index contributed by atoms with van der Waals surface area (Å²) in [4.78, 5) is 18.4. The van der Waals surface area contributed by atoms with Crippen molar-refractivity contribution < 1.29 is 0 Å². The molecule has 0 unspecified atom stereocenters. The molecule has 0 bridgehead atoms. The Kier molecular flexibility index (Phi) is 6.63. The lowest BCUT2D eigenvalue weighted by atomic mass is 10.1. The minimum atomic E-state index is 0.00947. The molecule has 3 aromatic carbocycles. The predicted octanol–water partition coefficient (Wildman–Crippen LogP) is 6.62. The van der Waals surface area contributed by atoms with Gasteiger partial charge in [-0.1, -0.05) is 48.7 Å². The topological polar surface area (TPSA) is 63.6 Å². The summed E-state index contributed by atoms with van der Waals surface area (Å²) < 4.78 is 3.93. The Hall–Kier alpha value is -3.88. The smallest absolute Gasteiger partial charge is 0.261 e. The first-order valence-corrected chi connectivity index (χ1v) is 12.6. The Morgan fingerprint density at radius 3 is 2.72 bits per heavy atom. The largest absolute Gasteiger partial charge is 0.343 e. The van der Waals surface area contributed by atoms with Crippen molar-refractivity contribution in [1.82, 2.24) is 14.1 Å². The average molecular weight is 495 g/mol. The first-order chi connectivity index (χ1) is 17.5. The van der Waals surface area contributed by atoms with Gasteiger partial charge >= 0.3 is 0 Å². The number of aromatic nitrogens is 3. The molecule has 0 N–H and O–H groups in total. The van der Waals surface area contributed by atoms with Gasteiger partial charge in [0.2, 0.25) is 0 Å². The van der Waals surface area contributed by atoms with E-state index in [1.807, 2.05) is 42.0 Å². The van der Waals surface area contributed by atoms with Crippen LogP contribution in [0.15, 0.2) is 71.7 Å². The average Bonchev–Trinajstić information content (AvgIpc) is 3.28. The molecule has 2 heterocycles. The number of rotatable bonds is 7. The molecule has 5 aromatic rings. The predicted molar refractivity (Wildman–Crippen MR) is 146 cm³/mol. The highest BCUT2D eigenvalue weighted by atomic mass is 35.5. The van der Waals surface area contributed by atoms with Gasteiger partial charge in [0, 0.05) is 28.7 Å². The van der Waals surface area contributed by atoms with E-state index in [-0.39, 0.29) is 5.56 Å². The van der Waals surface area contributed by atoms with E-state index in [4.69, 9.17) is 16.6 Å². The number of benzene rings is 3. The number of hydrogen-bond donors (Lipinski definition) is 0. The van der Waals surface area contributed by atoms with E-state index in [9.17, 15) is 10.1 Å². The summed E-state index contributed by atoms with van der Waals surface area (Å²) >= 11 is 6.41. The van der Waals surface area contributed by atoms with E-state index in [1.165, 1.54) is 0 Å². The molecule has 5 rings (SSSR count). The van der Waals surface area contributed by atoms with Crippen molar-refractivity contribution in [3.05, 3.63) is 110 Å². The van der Waals surface area contributed by atoms with Crippen molar-refractivity contribution in [2.75, 3.05) is 0 Å². The molecule has 2 aromatic heterocycles. The van der Waals surface area contributed by atoms with Gasteiger partial charge in [0.1, 0.15) is 5.82 Å². The second-order valence-electron chi connectivity index (χ2n) is 9.26. The summed E-state index contributed by atoms with van der Waals surface area (Å²) in [5.41, 5.74) is 5.31. The Balaban J connectivity index is 1.52. The number of nitrogens with zero attached hydrogens (tertiary/aromatic N) is 4. The molecule has 36 heavy (non-hydrogen) atoms. The van der Waals surface area contributed by atoms with Gasteiger partial charge in [-0.3, -0.25) is 9.36 Å². The van der Waals surface area contributed by atoms with E-state index in [1.54, 1.807) is 12.1 Å². The fraction of sp³-hybridized carbons (Fsp3) is 0.233. The van der Waals surface area contributed by atoms with Gasteiger partial charge in [0.05, 0.1) is 35.6 Å². The fourth-order valence-electron chi connectivity index (χ4n) is 4.73. The van der Waals surface area contributed by atoms with Crippen LogP contribution in [0.4, 0.5) is 0 Å². The van der Waals surface area contributed by atoms with Gasteiger partial charge in [-0.05, 0) is 66.8 Å². The number of unbranched alkanes of at least 4 members (excludes halogenated alkanes) is 1. The lowest BCUT2D eigenvalue weighted by Gasteiger charge is -2.14. The Morgan fingerprint density at radius 2 is 1.92 bits per heavy atom. The Morgan fingerprint density at radius 1 is 1.06 bits per heavy atom. The van der Waals surface area contributed by atoms with E-state index in [0.717, 1.165) is 58.2 Å². The SMILES string of the molecule is CCCCc1nc2ccc(C)cc2c(=O)n1Cc1ccc2c(ccn2Cc2c(Cl)cccc2C#N)c1. The molecule has 0 aliphatic rings. The van der Waals surface area contributed by atoms with Crippen molar-refractivity contribution >= 4 is 33.4 Å². The maximum Gasteiger partial charge on any atom is 0.261 e. The van der Waals surface area contributed by atoms with E-state index in [2.05, 4.69) is 41.8 Å². The summed E-state index contributed by atoms with van der Waals surface area (Å²) in [6.07, 6.45) is 4.81. The molecule has 0 aliphatic heterocycles. The molecule has 0 aliphatic carbocycles. The molecule has 0 atom stereocenters. The first-order valence-electron chi connectivity index (χ1n) is 12.2. The molecule has 5 nitrogen and oxygen atoms in total.